The number of nitrogens with zero attached hydrogens (tertiary/aromatic N) is 1. The third-order valence-corrected chi connectivity index (χ3v) is 2.70. The summed E-state index contributed by atoms with van der Waals surface area (Å²) in [6, 6.07) is 7.66. The number of nitrogens with two attached hydrogens (primary N) is 1. The number of halogens is 1. The molecule has 80 valence electrons. The lowest BCUT2D eigenvalue weighted by Crippen LogP contribution is -2.09. The molecule has 2 aromatic rings. The van der Waals surface area contributed by atoms with Gasteiger partial charge in [0.25, 0.3) is 0 Å². The zero-order chi connectivity index (χ0) is 10.7. The van der Waals surface area contributed by atoms with Gasteiger partial charge in [-0.2, -0.15) is 0 Å². The zero-order valence-electron chi connectivity index (χ0n) is 8.02. The third kappa shape index (κ3) is 2.19. The van der Waals surface area contributed by atoms with Crippen molar-refractivity contribution in [3.05, 3.63) is 30.0 Å². The van der Waals surface area contributed by atoms with E-state index in [0.29, 0.717) is 13.2 Å². The summed E-state index contributed by atoms with van der Waals surface area (Å²) in [6.07, 6.45) is 0. The van der Waals surface area contributed by atoms with E-state index in [9.17, 15) is 0 Å². The fourth-order valence-corrected chi connectivity index (χ4v) is 1.84. The van der Waals surface area contributed by atoms with Gasteiger partial charge in [0.1, 0.15) is 5.69 Å². The minimum atomic E-state index is -0.273. The molecule has 4 nitrogen and oxygen atoms in total. The molecule has 1 atom stereocenters. The summed E-state index contributed by atoms with van der Waals surface area (Å²) in [5.41, 5.74) is 6.86. The first-order valence-corrected chi connectivity index (χ1v) is 5.54. The Morgan fingerprint density at radius 1 is 1.47 bits per heavy atom. The molecule has 1 heterocycles. The number of fused-ring (bicyclic) bond motifs is 1. The molecule has 1 aromatic carbocycles. The second-order valence-corrected chi connectivity index (χ2v) is 3.87. The zero-order valence-corrected chi connectivity index (χ0v) is 9.61. The molecule has 5 heteroatoms. The van der Waals surface area contributed by atoms with Crippen molar-refractivity contribution in [3.63, 3.8) is 0 Å². The van der Waals surface area contributed by atoms with Crippen LogP contribution in [-0.2, 0) is 4.74 Å². The minimum Gasteiger partial charge on any atom is -0.359 e. The molecule has 1 unspecified atom stereocenters. The van der Waals surface area contributed by atoms with Crippen molar-refractivity contribution in [3.8, 4) is 0 Å². The van der Waals surface area contributed by atoms with Crippen molar-refractivity contribution in [2.24, 2.45) is 5.73 Å². The Morgan fingerprint density at radius 3 is 3.07 bits per heavy atom. The van der Waals surface area contributed by atoms with E-state index in [-0.39, 0.29) is 5.01 Å². The van der Waals surface area contributed by atoms with Crippen LogP contribution in [0.1, 0.15) is 10.7 Å². The smallest absolute Gasteiger partial charge is 0.167 e. The SMILES string of the molecule is NCCOC(Br)c1noc2ccccc12. The van der Waals surface area contributed by atoms with Crippen LogP contribution in [0.3, 0.4) is 0 Å². The highest BCUT2D eigenvalue weighted by Crippen LogP contribution is 2.29. The van der Waals surface area contributed by atoms with E-state index in [1.807, 2.05) is 24.3 Å². The summed E-state index contributed by atoms with van der Waals surface area (Å²) in [4.78, 5) is 0. The van der Waals surface area contributed by atoms with E-state index in [1.54, 1.807) is 0 Å². The van der Waals surface area contributed by atoms with Gasteiger partial charge < -0.3 is 15.0 Å². The van der Waals surface area contributed by atoms with E-state index >= 15 is 0 Å². The molecule has 2 rings (SSSR count). The number of alkyl halides is 1. The van der Waals surface area contributed by atoms with Crippen LogP contribution in [0.5, 0.6) is 0 Å². The van der Waals surface area contributed by atoms with E-state index in [0.717, 1.165) is 16.7 Å². The highest BCUT2D eigenvalue weighted by Gasteiger charge is 2.16. The Labute approximate surface area is 95.5 Å². The Hall–Kier alpha value is -0.910. The second kappa shape index (κ2) is 4.74. The highest BCUT2D eigenvalue weighted by atomic mass is 79.9. The van der Waals surface area contributed by atoms with Gasteiger partial charge in [-0.3, -0.25) is 0 Å². The molecule has 1 aromatic heterocycles. The molecule has 0 bridgehead atoms. The number of hydrogen-bond donors (Lipinski definition) is 1. The normalized spacial score (nSPS) is 13.2. The molecule has 0 aliphatic rings. The Morgan fingerprint density at radius 2 is 2.27 bits per heavy atom. The monoisotopic (exact) mass is 270 g/mol. The fraction of sp³-hybridized carbons (Fsp3) is 0.300. The molecule has 0 aliphatic heterocycles. The van der Waals surface area contributed by atoms with Crippen LogP contribution in [0, 0.1) is 0 Å². The van der Waals surface area contributed by atoms with Gasteiger partial charge in [-0.15, -0.1) is 0 Å². The molecule has 0 radical (unpaired) electrons. The van der Waals surface area contributed by atoms with E-state index < -0.39 is 0 Å². The van der Waals surface area contributed by atoms with Gasteiger partial charge in [0.15, 0.2) is 10.6 Å². The van der Waals surface area contributed by atoms with Gasteiger partial charge in [0.2, 0.25) is 0 Å². The van der Waals surface area contributed by atoms with Crippen molar-refractivity contribution >= 4 is 26.9 Å². The lowest BCUT2D eigenvalue weighted by Gasteiger charge is -2.06. The van der Waals surface area contributed by atoms with Crippen molar-refractivity contribution in [2.75, 3.05) is 13.2 Å². The highest BCUT2D eigenvalue weighted by molar-refractivity contribution is 9.09. The summed E-state index contributed by atoms with van der Waals surface area (Å²) in [7, 11) is 0. The fourth-order valence-electron chi connectivity index (χ4n) is 1.32. The predicted octanol–water partition coefficient (Wildman–Crippen LogP) is 2.20. The van der Waals surface area contributed by atoms with Gasteiger partial charge in [0.05, 0.1) is 6.61 Å². The lowest BCUT2D eigenvalue weighted by atomic mass is 10.2. The molecule has 0 spiro atoms. The minimum absolute atomic E-state index is 0.273. The van der Waals surface area contributed by atoms with Gasteiger partial charge in [0, 0.05) is 11.9 Å². The van der Waals surface area contributed by atoms with E-state index in [1.165, 1.54) is 0 Å². The number of aromatic nitrogens is 1. The number of para-hydroxylation sites is 1. The van der Waals surface area contributed by atoms with Crippen LogP contribution >= 0.6 is 15.9 Å². The summed E-state index contributed by atoms with van der Waals surface area (Å²) >= 11 is 3.39. The van der Waals surface area contributed by atoms with Gasteiger partial charge in [-0.25, -0.2) is 0 Å². The number of benzene rings is 1. The quantitative estimate of drug-likeness (QED) is 0.866. The molecule has 0 saturated carbocycles. The van der Waals surface area contributed by atoms with Crippen molar-refractivity contribution < 1.29 is 9.26 Å². The van der Waals surface area contributed by atoms with Gasteiger partial charge >= 0.3 is 0 Å². The number of rotatable bonds is 4. The molecule has 0 amide bonds. The molecular formula is C10H11BrN2O2. The summed E-state index contributed by atoms with van der Waals surface area (Å²) in [5, 5.41) is 4.64. The van der Waals surface area contributed by atoms with Crippen molar-refractivity contribution in [2.45, 2.75) is 5.01 Å². The van der Waals surface area contributed by atoms with Crippen LogP contribution in [0.25, 0.3) is 11.0 Å². The molecule has 2 N–H and O–H groups in total. The van der Waals surface area contributed by atoms with Crippen LogP contribution in [-0.4, -0.2) is 18.3 Å². The number of hydrogen-bond acceptors (Lipinski definition) is 4. The summed E-state index contributed by atoms with van der Waals surface area (Å²) in [6.45, 7) is 0.967. The maximum atomic E-state index is 5.41. The Kier molecular flexibility index (Phi) is 3.35. The van der Waals surface area contributed by atoms with Crippen molar-refractivity contribution in [1.29, 1.82) is 0 Å². The molecule has 0 fully saturated rings. The van der Waals surface area contributed by atoms with Crippen LogP contribution in [0.2, 0.25) is 0 Å². The first kappa shape index (κ1) is 10.6. The number of ether oxygens (including phenoxy) is 1. The standard InChI is InChI=1S/C10H11BrN2O2/c11-10(14-6-5-12)9-7-3-1-2-4-8(7)15-13-9/h1-4,10H,5-6,12H2. The first-order valence-electron chi connectivity index (χ1n) is 4.63. The largest absolute Gasteiger partial charge is 0.359 e. The van der Waals surface area contributed by atoms with E-state index in [4.69, 9.17) is 15.0 Å². The lowest BCUT2D eigenvalue weighted by molar-refractivity contribution is 0.120. The van der Waals surface area contributed by atoms with Crippen LogP contribution in [0.15, 0.2) is 28.8 Å². The first-order chi connectivity index (χ1) is 7.33. The summed E-state index contributed by atoms with van der Waals surface area (Å²) < 4.78 is 10.6. The molecular weight excluding hydrogens is 260 g/mol. The molecule has 15 heavy (non-hydrogen) atoms. The topological polar surface area (TPSA) is 61.3 Å². The van der Waals surface area contributed by atoms with Gasteiger partial charge in [-0.1, -0.05) is 33.2 Å². The van der Waals surface area contributed by atoms with Gasteiger partial charge in [-0.05, 0) is 12.1 Å². The average molecular weight is 271 g/mol. The average Bonchev–Trinajstić information content (AvgIpc) is 2.69. The van der Waals surface area contributed by atoms with Crippen LogP contribution < -0.4 is 5.73 Å². The predicted molar refractivity (Wildman–Crippen MR) is 60.7 cm³/mol. The Balaban J connectivity index is 2.27. The molecule has 0 saturated heterocycles. The molecule has 0 aliphatic carbocycles. The maximum Gasteiger partial charge on any atom is 0.167 e. The van der Waals surface area contributed by atoms with Crippen LogP contribution in [0.4, 0.5) is 0 Å². The Bertz CT molecular complexity index is 444. The maximum absolute atomic E-state index is 5.41. The van der Waals surface area contributed by atoms with E-state index in [2.05, 4.69) is 21.1 Å². The van der Waals surface area contributed by atoms with Crippen molar-refractivity contribution in [1.82, 2.24) is 5.16 Å². The second-order valence-electron chi connectivity index (χ2n) is 3.04. The summed E-state index contributed by atoms with van der Waals surface area (Å²) in [5.74, 6) is 0. The third-order valence-electron chi connectivity index (χ3n) is 2.00.